The summed E-state index contributed by atoms with van der Waals surface area (Å²) < 4.78 is 0. The van der Waals surface area contributed by atoms with Gasteiger partial charge in [0, 0.05) is 6.54 Å². The average molecular weight is 167 g/mol. The Morgan fingerprint density at radius 2 is 2.08 bits per heavy atom. The normalized spacial score (nSPS) is 21.8. The van der Waals surface area contributed by atoms with Crippen LogP contribution in [0.4, 0.5) is 0 Å². The minimum Gasteiger partial charge on any atom is -0.391 e. The summed E-state index contributed by atoms with van der Waals surface area (Å²) in [6.07, 6.45) is 9.05. The fourth-order valence-corrected chi connectivity index (χ4v) is 2.14. The summed E-state index contributed by atoms with van der Waals surface area (Å²) in [4.78, 5) is 0. The van der Waals surface area contributed by atoms with Crippen molar-refractivity contribution in [1.82, 2.24) is 5.32 Å². The van der Waals surface area contributed by atoms with Crippen LogP contribution in [0, 0.1) is 11.8 Å². The molecule has 0 aromatic heterocycles. The number of nitrogens with one attached hydrogen (secondary N) is 1. The molecule has 1 atom stereocenters. The van der Waals surface area contributed by atoms with E-state index in [1.807, 2.05) is 0 Å². The lowest BCUT2D eigenvalue weighted by atomic mass is 9.81. The lowest BCUT2D eigenvalue weighted by molar-refractivity contribution is 0.262. The molecule has 1 unspecified atom stereocenters. The van der Waals surface area contributed by atoms with Gasteiger partial charge in [0.05, 0.1) is 0 Å². The molecule has 0 heterocycles. The topological polar surface area (TPSA) is 12.0 Å². The Labute approximate surface area is 76.2 Å². The summed E-state index contributed by atoms with van der Waals surface area (Å²) in [5, 5.41) is 3.21. The highest BCUT2D eigenvalue weighted by Gasteiger charge is 2.18. The van der Waals surface area contributed by atoms with Gasteiger partial charge in [-0.15, -0.1) is 0 Å². The van der Waals surface area contributed by atoms with Crippen molar-refractivity contribution in [3.8, 4) is 0 Å². The lowest BCUT2D eigenvalue weighted by Gasteiger charge is -2.27. The molecule has 12 heavy (non-hydrogen) atoms. The van der Waals surface area contributed by atoms with E-state index in [9.17, 15) is 0 Å². The molecule has 1 rings (SSSR count). The fraction of sp³-hybridized carbons (Fsp3) is 0.818. The first kappa shape index (κ1) is 9.63. The molecule has 0 radical (unpaired) electrons. The van der Waals surface area contributed by atoms with E-state index in [1.165, 1.54) is 32.1 Å². The van der Waals surface area contributed by atoms with Gasteiger partial charge in [-0.1, -0.05) is 45.6 Å². The van der Waals surface area contributed by atoms with E-state index in [0.717, 1.165) is 18.4 Å². The highest BCUT2D eigenvalue weighted by molar-refractivity contribution is 4.74. The first-order chi connectivity index (χ1) is 5.84. The Balaban J connectivity index is 2.19. The van der Waals surface area contributed by atoms with Gasteiger partial charge >= 0.3 is 0 Å². The molecular formula is C11H21N. The molecule has 1 aliphatic carbocycles. The van der Waals surface area contributed by atoms with Crippen molar-refractivity contribution < 1.29 is 0 Å². The second-order valence-electron chi connectivity index (χ2n) is 3.99. The van der Waals surface area contributed by atoms with Gasteiger partial charge < -0.3 is 5.32 Å². The summed E-state index contributed by atoms with van der Waals surface area (Å²) in [6.45, 7) is 7.13. The third kappa shape index (κ3) is 2.88. The Kier molecular flexibility index (Phi) is 4.20. The van der Waals surface area contributed by atoms with Gasteiger partial charge in [0.25, 0.3) is 0 Å². The number of hydrogen-bond acceptors (Lipinski definition) is 1. The van der Waals surface area contributed by atoms with Gasteiger partial charge in [0.2, 0.25) is 0 Å². The Hall–Kier alpha value is -0.460. The summed E-state index contributed by atoms with van der Waals surface area (Å²) in [5.74, 6) is 1.79. The maximum atomic E-state index is 3.67. The molecule has 0 amide bonds. The molecule has 0 aromatic rings. The van der Waals surface area contributed by atoms with Crippen molar-refractivity contribution in [2.45, 2.75) is 39.0 Å². The highest BCUT2D eigenvalue weighted by atomic mass is 14.8. The van der Waals surface area contributed by atoms with E-state index < -0.39 is 0 Å². The first-order valence-corrected chi connectivity index (χ1v) is 5.19. The van der Waals surface area contributed by atoms with E-state index in [0.29, 0.717) is 0 Å². The zero-order valence-electron chi connectivity index (χ0n) is 8.18. The molecule has 0 aliphatic heterocycles. The van der Waals surface area contributed by atoms with Crippen molar-refractivity contribution in [2.75, 3.05) is 6.54 Å². The van der Waals surface area contributed by atoms with E-state index in [4.69, 9.17) is 0 Å². The number of hydrogen-bond donors (Lipinski definition) is 1. The zero-order chi connectivity index (χ0) is 8.81. The molecule has 1 fully saturated rings. The third-order valence-electron chi connectivity index (χ3n) is 3.04. The molecule has 0 aromatic carbocycles. The summed E-state index contributed by atoms with van der Waals surface area (Å²) in [6, 6.07) is 0. The Morgan fingerprint density at radius 1 is 1.42 bits per heavy atom. The van der Waals surface area contributed by atoms with Crippen LogP contribution >= 0.6 is 0 Å². The second kappa shape index (κ2) is 5.23. The smallest absolute Gasteiger partial charge is 0.0169 e. The van der Waals surface area contributed by atoms with Crippen molar-refractivity contribution in [2.24, 2.45) is 11.8 Å². The summed E-state index contributed by atoms with van der Waals surface area (Å²) in [5.41, 5.74) is 0. The van der Waals surface area contributed by atoms with Crippen molar-refractivity contribution in [3.63, 3.8) is 0 Å². The molecule has 1 aliphatic rings. The van der Waals surface area contributed by atoms with Crippen LogP contribution in [0.15, 0.2) is 12.8 Å². The zero-order valence-corrected chi connectivity index (χ0v) is 8.18. The maximum absolute atomic E-state index is 3.67. The van der Waals surface area contributed by atoms with Crippen molar-refractivity contribution >= 4 is 0 Å². The van der Waals surface area contributed by atoms with Crippen molar-refractivity contribution in [3.05, 3.63) is 12.8 Å². The van der Waals surface area contributed by atoms with Crippen LogP contribution in [0.1, 0.15) is 39.0 Å². The average Bonchev–Trinajstić information content (AvgIpc) is 2.15. The molecule has 0 saturated heterocycles. The van der Waals surface area contributed by atoms with E-state index in [-0.39, 0.29) is 0 Å². The van der Waals surface area contributed by atoms with E-state index in [1.54, 1.807) is 6.20 Å². The van der Waals surface area contributed by atoms with Gasteiger partial charge in [-0.25, -0.2) is 0 Å². The molecule has 1 N–H and O–H groups in total. The first-order valence-electron chi connectivity index (χ1n) is 5.19. The second-order valence-corrected chi connectivity index (χ2v) is 3.99. The van der Waals surface area contributed by atoms with E-state index in [2.05, 4.69) is 18.8 Å². The predicted octanol–water partition coefficient (Wildman–Crippen LogP) is 2.94. The van der Waals surface area contributed by atoms with Gasteiger partial charge in [-0.05, 0) is 18.0 Å². The molecule has 70 valence electrons. The maximum Gasteiger partial charge on any atom is 0.0169 e. The standard InChI is InChI=1S/C11H21N/c1-3-12-9-10(2)11-7-5-4-6-8-11/h3,10-12H,1,4-9H2,2H3. The molecule has 0 bridgehead atoms. The largest absolute Gasteiger partial charge is 0.391 e. The molecule has 1 saturated carbocycles. The van der Waals surface area contributed by atoms with Gasteiger partial charge in [-0.2, -0.15) is 0 Å². The SMILES string of the molecule is C=CNCC(C)C1CCCCC1. The van der Waals surface area contributed by atoms with Crippen LogP contribution in [0.5, 0.6) is 0 Å². The summed E-state index contributed by atoms with van der Waals surface area (Å²) >= 11 is 0. The Bertz CT molecular complexity index is 125. The molecule has 1 nitrogen and oxygen atoms in total. The van der Waals surface area contributed by atoms with Gasteiger partial charge in [0.1, 0.15) is 0 Å². The van der Waals surface area contributed by atoms with Crippen LogP contribution in [-0.2, 0) is 0 Å². The summed E-state index contributed by atoms with van der Waals surface area (Å²) in [7, 11) is 0. The molecule has 0 spiro atoms. The molecular weight excluding hydrogens is 146 g/mol. The van der Waals surface area contributed by atoms with Crippen LogP contribution in [-0.4, -0.2) is 6.54 Å². The predicted molar refractivity (Wildman–Crippen MR) is 53.9 cm³/mol. The monoisotopic (exact) mass is 167 g/mol. The van der Waals surface area contributed by atoms with E-state index >= 15 is 0 Å². The van der Waals surface area contributed by atoms with Crippen LogP contribution in [0.2, 0.25) is 0 Å². The quantitative estimate of drug-likeness (QED) is 0.679. The minimum atomic E-state index is 0.822. The highest BCUT2D eigenvalue weighted by Crippen LogP contribution is 2.29. The van der Waals surface area contributed by atoms with Crippen LogP contribution in [0.25, 0.3) is 0 Å². The van der Waals surface area contributed by atoms with Gasteiger partial charge in [0.15, 0.2) is 0 Å². The van der Waals surface area contributed by atoms with Crippen LogP contribution < -0.4 is 5.32 Å². The molecule has 1 heteroatoms. The van der Waals surface area contributed by atoms with Gasteiger partial charge in [-0.3, -0.25) is 0 Å². The Morgan fingerprint density at radius 3 is 2.67 bits per heavy atom. The number of rotatable bonds is 4. The minimum absolute atomic E-state index is 0.822. The third-order valence-corrected chi connectivity index (χ3v) is 3.04. The lowest BCUT2D eigenvalue weighted by Crippen LogP contribution is -2.24. The van der Waals surface area contributed by atoms with Crippen molar-refractivity contribution in [1.29, 1.82) is 0 Å². The van der Waals surface area contributed by atoms with Crippen LogP contribution in [0.3, 0.4) is 0 Å². The fourth-order valence-electron chi connectivity index (χ4n) is 2.14.